The SMILES string of the molecule is Cc1cc(N)n(C(=O)c2c(F)cccc2F)n1. The van der Waals surface area contributed by atoms with Gasteiger partial charge in [0.2, 0.25) is 0 Å². The second kappa shape index (κ2) is 3.97. The summed E-state index contributed by atoms with van der Waals surface area (Å²) in [6.45, 7) is 1.62. The summed E-state index contributed by atoms with van der Waals surface area (Å²) in [6.07, 6.45) is 0. The number of hydrogen-bond donors (Lipinski definition) is 1. The van der Waals surface area contributed by atoms with E-state index in [1.54, 1.807) is 6.92 Å². The van der Waals surface area contributed by atoms with Gasteiger partial charge in [-0.05, 0) is 19.1 Å². The third-order valence-electron chi connectivity index (χ3n) is 2.23. The van der Waals surface area contributed by atoms with Crippen LogP contribution in [0.2, 0.25) is 0 Å². The summed E-state index contributed by atoms with van der Waals surface area (Å²) in [5.41, 5.74) is 5.34. The molecule has 4 nitrogen and oxygen atoms in total. The van der Waals surface area contributed by atoms with E-state index in [0.29, 0.717) is 5.69 Å². The third kappa shape index (κ3) is 1.89. The fraction of sp³-hybridized carbons (Fsp3) is 0.0909. The van der Waals surface area contributed by atoms with E-state index in [1.807, 2.05) is 0 Å². The molecule has 2 N–H and O–H groups in total. The molecule has 17 heavy (non-hydrogen) atoms. The predicted octanol–water partition coefficient (Wildman–Crippen LogP) is 1.74. The van der Waals surface area contributed by atoms with Crippen molar-refractivity contribution in [3.63, 3.8) is 0 Å². The van der Waals surface area contributed by atoms with Crippen LogP contribution in [-0.4, -0.2) is 15.7 Å². The van der Waals surface area contributed by atoms with Crippen molar-refractivity contribution in [1.29, 1.82) is 0 Å². The fourth-order valence-corrected chi connectivity index (χ4v) is 1.49. The molecule has 0 spiro atoms. The first-order valence-corrected chi connectivity index (χ1v) is 4.81. The number of carbonyl (C=O) groups excluding carboxylic acids is 1. The zero-order valence-electron chi connectivity index (χ0n) is 8.95. The van der Waals surface area contributed by atoms with Crippen molar-refractivity contribution in [3.8, 4) is 0 Å². The maximum atomic E-state index is 13.4. The van der Waals surface area contributed by atoms with Gasteiger partial charge in [0.25, 0.3) is 5.91 Å². The van der Waals surface area contributed by atoms with E-state index < -0.39 is 23.1 Å². The van der Waals surface area contributed by atoms with Gasteiger partial charge in [0.05, 0.1) is 5.69 Å². The molecule has 0 saturated heterocycles. The van der Waals surface area contributed by atoms with Gasteiger partial charge in [-0.25, -0.2) is 8.78 Å². The molecule has 88 valence electrons. The summed E-state index contributed by atoms with van der Waals surface area (Å²) in [5.74, 6) is -2.77. The number of nitrogens with zero attached hydrogens (tertiary/aromatic N) is 2. The summed E-state index contributed by atoms with van der Waals surface area (Å²) < 4.78 is 27.5. The summed E-state index contributed by atoms with van der Waals surface area (Å²) in [7, 11) is 0. The monoisotopic (exact) mass is 237 g/mol. The van der Waals surface area contributed by atoms with Gasteiger partial charge in [0.15, 0.2) is 0 Å². The second-order valence-corrected chi connectivity index (χ2v) is 3.52. The van der Waals surface area contributed by atoms with Crippen molar-refractivity contribution in [1.82, 2.24) is 9.78 Å². The molecule has 1 aromatic carbocycles. The van der Waals surface area contributed by atoms with Crippen LogP contribution in [0.3, 0.4) is 0 Å². The van der Waals surface area contributed by atoms with Crippen LogP contribution in [0.25, 0.3) is 0 Å². The van der Waals surface area contributed by atoms with E-state index in [0.717, 1.165) is 16.8 Å². The van der Waals surface area contributed by atoms with Gasteiger partial charge < -0.3 is 5.73 Å². The molecule has 0 bridgehead atoms. The van der Waals surface area contributed by atoms with Crippen molar-refractivity contribution in [2.75, 3.05) is 5.73 Å². The Morgan fingerprint density at radius 3 is 2.41 bits per heavy atom. The molecule has 1 aromatic heterocycles. The van der Waals surface area contributed by atoms with Gasteiger partial charge in [0.1, 0.15) is 23.0 Å². The predicted molar refractivity (Wildman–Crippen MR) is 57.5 cm³/mol. The van der Waals surface area contributed by atoms with Gasteiger partial charge in [-0.3, -0.25) is 4.79 Å². The Morgan fingerprint density at radius 2 is 1.94 bits per heavy atom. The summed E-state index contributed by atoms with van der Waals surface area (Å²) in [5, 5.41) is 3.78. The van der Waals surface area contributed by atoms with Crippen LogP contribution in [0.15, 0.2) is 24.3 Å². The van der Waals surface area contributed by atoms with Crippen LogP contribution in [0.4, 0.5) is 14.6 Å². The zero-order valence-corrected chi connectivity index (χ0v) is 8.95. The molecule has 0 aliphatic carbocycles. The maximum absolute atomic E-state index is 13.4. The van der Waals surface area contributed by atoms with Gasteiger partial charge >= 0.3 is 0 Å². The van der Waals surface area contributed by atoms with Crippen LogP contribution in [-0.2, 0) is 0 Å². The molecule has 0 atom stereocenters. The Kier molecular flexibility index (Phi) is 2.63. The van der Waals surface area contributed by atoms with E-state index in [1.165, 1.54) is 12.1 Å². The second-order valence-electron chi connectivity index (χ2n) is 3.52. The first-order chi connectivity index (χ1) is 8.00. The quantitative estimate of drug-likeness (QED) is 0.821. The summed E-state index contributed by atoms with van der Waals surface area (Å²) in [4.78, 5) is 11.9. The highest BCUT2D eigenvalue weighted by Gasteiger charge is 2.21. The Morgan fingerprint density at radius 1 is 1.35 bits per heavy atom. The molecule has 0 aliphatic rings. The first kappa shape index (κ1) is 11.3. The van der Waals surface area contributed by atoms with Crippen molar-refractivity contribution in [2.45, 2.75) is 6.92 Å². The normalized spacial score (nSPS) is 10.5. The Bertz CT molecular complexity index is 572. The van der Waals surface area contributed by atoms with Crippen LogP contribution in [0.1, 0.15) is 16.1 Å². The van der Waals surface area contributed by atoms with E-state index in [-0.39, 0.29) is 5.82 Å². The number of benzene rings is 1. The van der Waals surface area contributed by atoms with E-state index >= 15 is 0 Å². The largest absolute Gasteiger partial charge is 0.383 e. The number of nitrogens with two attached hydrogens (primary N) is 1. The molecule has 0 amide bonds. The van der Waals surface area contributed by atoms with Gasteiger partial charge in [0, 0.05) is 6.07 Å². The van der Waals surface area contributed by atoms with Crippen LogP contribution < -0.4 is 5.73 Å². The Balaban J connectivity index is 2.55. The lowest BCUT2D eigenvalue weighted by molar-refractivity contribution is 0.0939. The summed E-state index contributed by atoms with van der Waals surface area (Å²) >= 11 is 0. The number of hydrogen-bond acceptors (Lipinski definition) is 3. The Hall–Kier alpha value is -2.24. The van der Waals surface area contributed by atoms with Crippen molar-refractivity contribution >= 4 is 11.7 Å². The number of aromatic nitrogens is 2. The first-order valence-electron chi connectivity index (χ1n) is 4.81. The summed E-state index contributed by atoms with van der Waals surface area (Å²) in [6, 6.07) is 4.63. The molecule has 0 fully saturated rings. The lowest BCUT2D eigenvalue weighted by atomic mass is 10.2. The molecular weight excluding hydrogens is 228 g/mol. The minimum atomic E-state index is -0.942. The molecule has 6 heteroatoms. The average molecular weight is 237 g/mol. The third-order valence-corrected chi connectivity index (χ3v) is 2.23. The minimum absolute atomic E-state index is 0.0372. The lowest BCUT2D eigenvalue weighted by Crippen LogP contribution is -2.19. The van der Waals surface area contributed by atoms with Gasteiger partial charge in [-0.15, -0.1) is 0 Å². The molecule has 1 heterocycles. The molecule has 2 rings (SSSR count). The van der Waals surface area contributed by atoms with Crippen molar-refractivity contribution in [3.05, 3.63) is 47.2 Å². The smallest absolute Gasteiger partial charge is 0.286 e. The molecule has 2 aromatic rings. The van der Waals surface area contributed by atoms with Gasteiger partial charge in [-0.1, -0.05) is 6.07 Å². The minimum Gasteiger partial charge on any atom is -0.383 e. The van der Waals surface area contributed by atoms with Crippen molar-refractivity contribution in [2.24, 2.45) is 0 Å². The number of nitrogen functional groups attached to an aromatic ring is 1. The van der Waals surface area contributed by atoms with Crippen molar-refractivity contribution < 1.29 is 13.6 Å². The standard InChI is InChI=1S/C11H9F2N3O/c1-6-5-9(14)16(15-6)11(17)10-7(12)3-2-4-8(10)13/h2-5H,14H2,1H3. The molecule has 0 unspecified atom stereocenters. The molecule has 0 radical (unpaired) electrons. The highest BCUT2D eigenvalue weighted by atomic mass is 19.1. The van der Waals surface area contributed by atoms with Crippen LogP contribution in [0, 0.1) is 18.6 Å². The van der Waals surface area contributed by atoms with Gasteiger partial charge in [-0.2, -0.15) is 9.78 Å². The average Bonchev–Trinajstić information content (AvgIpc) is 2.57. The Labute approximate surface area is 95.7 Å². The number of anilines is 1. The van der Waals surface area contributed by atoms with E-state index in [2.05, 4.69) is 5.10 Å². The molecule has 0 aliphatic heterocycles. The fourth-order valence-electron chi connectivity index (χ4n) is 1.49. The lowest BCUT2D eigenvalue weighted by Gasteiger charge is -2.04. The topological polar surface area (TPSA) is 60.9 Å². The van der Waals surface area contributed by atoms with E-state index in [9.17, 15) is 13.6 Å². The molecular formula is C11H9F2N3O. The van der Waals surface area contributed by atoms with Crippen LogP contribution in [0.5, 0.6) is 0 Å². The number of rotatable bonds is 1. The molecule has 0 saturated carbocycles. The van der Waals surface area contributed by atoms with Crippen LogP contribution >= 0.6 is 0 Å². The highest BCUT2D eigenvalue weighted by Crippen LogP contribution is 2.16. The van der Waals surface area contributed by atoms with E-state index in [4.69, 9.17) is 5.73 Å². The maximum Gasteiger partial charge on any atom is 0.286 e. The zero-order chi connectivity index (χ0) is 12.6. The number of carbonyl (C=O) groups is 1. The highest BCUT2D eigenvalue weighted by molar-refractivity contribution is 5.97. The number of halogens is 2. The number of aryl methyl sites for hydroxylation is 1.